The Bertz CT molecular complexity index is 2200. The highest BCUT2D eigenvalue weighted by molar-refractivity contribution is 6.42. The van der Waals surface area contributed by atoms with E-state index >= 15 is 0 Å². The number of aromatic nitrogens is 3. The van der Waals surface area contributed by atoms with Crippen molar-refractivity contribution in [3.8, 4) is 44.8 Å². The zero-order valence-corrected chi connectivity index (χ0v) is 23.3. The lowest BCUT2D eigenvalue weighted by Crippen LogP contribution is -1.93. The summed E-state index contributed by atoms with van der Waals surface area (Å²) in [5, 5.41) is 10.1. The van der Waals surface area contributed by atoms with E-state index in [1.54, 1.807) is 0 Å². The molecule has 0 atom stereocenters. The molecule has 2 heterocycles. The van der Waals surface area contributed by atoms with Gasteiger partial charge >= 0.3 is 0 Å². The Morgan fingerprint density at radius 2 is 1.00 bits per heavy atom. The van der Waals surface area contributed by atoms with Gasteiger partial charge in [-0.05, 0) is 39.1 Å². The SMILES string of the molecule is Clc1c2ccccc2c(-c2ccccc2-c2nc3c(-c4ccccc4)cc(-c4ccccc4)cn3n2)c2ccccc12. The zero-order valence-electron chi connectivity index (χ0n) is 22.6. The molecule has 0 saturated carbocycles. The molecule has 0 amide bonds. The normalized spacial score (nSPS) is 11.5. The van der Waals surface area contributed by atoms with E-state index in [4.69, 9.17) is 21.7 Å². The number of pyridine rings is 1. The molecule has 198 valence electrons. The van der Waals surface area contributed by atoms with Gasteiger partial charge in [-0.25, -0.2) is 9.50 Å². The largest absolute Gasteiger partial charge is 0.219 e. The highest BCUT2D eigenvalue weighted by atomic mass is 35.5. The van der Waals surface area contributed by atoms with Crippen LogP contribution in [0.4, 0.5) is 0 Å². The van der Waals surface area contributed by atoms with E-state index in [1.165, 1.54) is 0 Å². The molecular formula is C38H24ClN3. The summed E-state index contributed by atoms with van der Waals surface area (Å²) < 4.78 is 1.93. The molecule has 3 nitrogen and oxygen atoms in total. The molecule has 0 radical (unpaired) electrons. The third-order valence-electron chi connectivity index (χ3n) is 7.93. The van der Waals surface area contributed by atoms with Gasteiger partial charge in [-0.2, -0.15) is 0 Å². The Morgan fingerprint density at radius 1 is 0.476 bits per heavy atom. The van der Waals surface area contributed by atoms with E-state index in [-0.39, 0.29) is 0 Å². The molecule has 0 aliphatic rings. The van der Waals surface area contributed by atoms with E-state index in [1.807, 2.05) is 28.8 Å². The summed E-state index contributed by atoms with van der Waals surface area (Å²) >= 11 is 6.96. The second-order valence-electron chi connectivity index (χ2n) is 10.4. The standard InChI is InChI=1S/C38H24ClN3/c39-36-31-20-10-7-17-28(31)35(29-18-8-11-21-32(29)36)30-19-9-12-22-33(30)37-40-38-34(26-15-5-2-6-16-26)23-27(24-42(38)41-37)25-13-3-1-4-14-25/h1-24H. The summed E-state index contributed by atoms with van der Waals surface area (Å²) in [5.74, 6) is 0.677. The topological polar surface area (TPSA) is 30.2 Å². The molecule has 0 saturated heterocycles. The second-order valence-corrected chi connectivity index (χ2v) is 10.8. The fourth-order valence-electron chi connectivity index (χ4n) is 5.98. The number of rotatable bonds is 4. The van der Waals surface area contributed by atoms with Crippen molar-refractivity contribution < 1.29 is 0 Å². The molecule has 0 aliphatic carbocycles. The van der Waals surface area contributed by atoms with E-state index in [0.717, 1.165) is 71.2 Å². The van der Waals surface area contributed by atoms with E-state index in [0.29, 0.717) is 5.82 Å². The maximum Gasteiger partial charge on any atom is 0.182 e. The quantitative estimate of drug-likeness (QED) is 0.201. The molecule has 4 heteroatoms. The first-order valence-corrected chi connectivity index (χ1v) is 14.3. The van der Waals surface area contributed by atoms with Gasteiger partial charge in [0.2, 0.25) is 0 Å². The van der Waals surface area contributed by atoms with Crippen molar-refractivity contribution in [2.45, 2.75) is 0 Å². The fourth-order valence-corrected chi connectivity index (χ4v) is 6.31. The van der Waals surface area contributed by atoms with Crippen LogP contribution in [0.25, 0.3) is 72.0 Å². The van der Waals surface area contributed by atoms with Crippen LogP contribution < -0.4 is 0 Å². The first kappa shape index (κ1) is 24.5. The van der Waals surface area contributed by atoms with Crippen molar-refractivity contribution in [2.75, 3.05) is 0 Å². The molecule has 0 unspecified atom stereocenters. The average Bonchev–Trinajstić information content (AvgIpc) is 3.50. The predicted octanol–water partition coefficient (Wildman–Crippen LogP) is 10.4. The van der Waals surface area contributed by atoms with Crippen molar-refractivity contribution in [2.24, 2.45) is 0 Å². The lowest BCUT2D eigenvalue weighted by molar-refractivity contribution is 0.968. The molecule has 42 heavy (non-hydrogen) atoms. The smallest absolute Gasteiger partial charge is 0.182 e. The number of hydrogen-bond acceptors (Lipinski definition) is 2. The summed E-state index contributed by atoms with van der Waals surface area (Å²) in [7, 11) is 0. The third kappa shape index (κ3) is 3.98. The maximum atomic E-state index is 6.96. The monoisotopic (exact) mass is 557 g/mol. The lowest BCUT2D eigenvalue weighted by atomic mass is 9.89. The average molecular weight is 558 g/mol. The van der Waals surface area contributed by atoms with Gasteiger partial charge in [-0.1, -0.05) is 145 Å². The Morgan fingerprint density at radius 3 is 1.64 bits per heavy atom. The van der Waals surface area contributed by atoms with Gasteiger partial charge in [0.1, 0.15) is 0 Å². The van der Waals surface area contributed by atoms with E-state index < -0.39 is 0 Å². The Balaban J connectivity index is 1.41. The number of benzene rings is 6. The van der Waals surface area contributed by atoms with Gasteiger partial charge in [0, 0.05) is 33.7 Å². The van der Waals surface area contributed by atoms with Crippen molar-refractivity contribution in [1.29, 1.82) is 0 Å². The second kappa shape index (κ2) is 9.99. The summed E-state index contributed by atoms with van der Waals surface area (Å²) in [5.41, 5.74) is 8.35. The molecule has 6 aromatic carbocycles. The van der Waals surface area contributed by atoms with Crippen molar-refractivity contribution in [3.05, 3.63) is 151 Å². The first-order chi connectivity index (χ1) is 20.8. The fraction of sp³-hybridized carbons (Fsp3) is 0. The molecule has 0 N–H and O–H groups in total. The predicted molar refractivity (Wildman–Crippen MR) is 175 cm³/mol. The zero-order chi connectivity index (χ0) is 28.0. The van der Waals surface area contributed by atoms with Crippen LogP contribution in [-0.2, 0) is 0 Å². The number of nitrogens with zero attached hydrogens (tertiary/aromatic N) is 3. The van der Waals surface area contributed by atoms with Crippen LogP contribution in [0, 0.1) is 0 Å². The van der Waals surface area contributed by atoms with Crippen molar-refractivity contribution >= 4 is 38.8 Å². The van der Waals surface area contributed by atoms with Crippen LogP contribution in [0.2, 0.25) is 5.02 Å². The summed E-state index contributed by atoms with van der Waals surface area (Å²) in [6, 6.07) is 48.1. The van der Waals surface area contributed by atoms with Crippen LogP contribution in [0.15, 0.2) is 146 Å². The molecule has 0 bridgehead atoms. The van der Waals surface area contributed by atoms with Gasteiger partial charge in [-0.3, -0.25) is 0 Å². The number of fused-ring (bicyclic) bond motifs is 3. The van der Waals surface area contributed by atoms with Gasteiger partial charge < -0.3 is 0 Å². The molecule has 8 aromatic rings. The van der Waals surface area contributed by atoms with Crippen LogP contribution in [-0.4, -0.2) is 14.6 Å². The summed E-state index contributed by atoms with van der Waals surface area (Å²) in [4.78, 5) is 5.18. The molecule has 2 aromatic heterocycles. The minimum absolute atomic E-state index is 0.677. The van der Waals surface area contributed by atoms with Crippen LogP contribution in [0.5, 0.6) is 0 Å². The van der Waals surface area contributed by atoms with Crippen LogP contribution >= 0.6 is 11.6 Å². The summed E-state index contributed by atoms with van der Waals surface area (Å²) in [6.07, 6.45) is 2.07. The number of hydrogen-bond donors (Lipinski definition) is 0. The molecule has 8 rings (SSSR count). The van der Waals surface area contributed by atoms with Gasteiger partial charge in [0.05, 0.1) is 5.02 Å². The van der Waals surface area contributed by atoms with Gasteiger partial charge in [0.15, 0.2) is 11.5 Å². The highest BCUT2D eigenvalue weighted by Gasteiger charge is 2.20. The molecule has 0 fully saturated rings. The summed E-state index contributed by atoms with van der Waals surface area (Å²) in [6.45, 7) is 0. The molecule has 0 spiro atoms. The Labute approximate surface area is 248 Å². The molecular weight excluding hydrogens is 534 g/mol. The van der Waals surface area contributed by atoms with Crippen molar-refractivity contribution in [1.82, 2.24) is 14.6 Å². The lowest BCUT2D eigenvalue weighted by Gasteiger charge is -2.16. The minimum Gasteiger partial charge on any atom is -0.219 e. The number of halogens is 1. The minimum atomic E-state index is 0.677. The van der Waals surface area contributed by atoms with E-state index in [9.17, 15) is 0 Å². The Hall–Kier alpha value is -5.25. The maximum absolute atomic E-state index is 6.96. The van der Waals surface area contributed by atoms with Crippen LogP contribution in [0.1, 0.15) is 0 Å². The molecule has 0 aliphatic heterocycles. The van der Waals surface area contributed by atoms with Crippen molar-refractivity contribution in [3.63, 3.8) is 0 Å². The highest BCUT2D eigenvalue weighted by Crippen LogP contribution is 2.44. The van der Waals surface area contributed by atoms with Gasteiger partial charge in [-0.15, -0.1) is 5.10 Å². The van der Waals surface area contributed by atoms with Gasteiger partial charge in [0.25, 0.3) is 0 Å². The van der Waals surface area contributed by atoms with E-state index in [2.05, 4.69) is 121 Å². The van der Waals surface area contributed by atoms with Crippen LogP contribution in [0.3, 0.4) is 0 Å². The third-order valence-corrected chi connectivity index (χ3v) is 8.34. The first-order valence-electron chi connectivity index (χ1n) is 14.0. The Kier molecular flexibility index (Phi) is 5.83.